The lowest BCUT2D eigenvalue weighted by Gasteiger charge is -2.09. The molecule has 0 saturated heterocycles. The third-order valence-electron chi connectivity index (χ3n) is 2.50. The summed E-state index contributed by atoms with van der Waals surface area (Å²) in [5.74, 6) is 1.43. The number of hydrogen-bond acceptors (Lipinski definition) is 5. The zero-order valence-electron chi connectivity index (χ0n) is 11.7. The monoisotopic (exact) mass is 322 g/mol. The summed E-state index contributed by atoms with van der Waals surface area (Å²) in [4.78, 5) is 11.9. The van der Waals surface area contributed by atoms with Gasteiger partial charge in [-0.3, -0.25) is 0 Å². The average Bonchev–Trinajstić information content (AvgIpc) is 2.46. The molecular formula is C15H15ClN2O2S. The van der Waals surface area contributed by atoms with Crippen molar-refractivity contribution >= 4 is 28.7 Å². The number of thioether (sulfide) groups is 1. The van der Waals surface area contributed by atoms with Crippen molar-refractivity contribution in [1.29, 1.82) is 0 Å². The van der Waals surface area contributed by atoms with Crippen molar-refractivity contribution in [3.63, 3.8) is 0 Å². The Morgan fingerprint density at radius 1 is 1.29 bits per heavy atom. The van der Waals surface area contributed by atoms with Crippen molar-refractivity contribution in [2.75, 3.05) is 5.75 Å². The molecule has 2 aromatic rings. The van der Waals surface area contributed by atoms with Crippen molar-refractivity contribution in [3.8, 4) is 17.0 Å². The SMILES string of the molecule is CC(C)CSC(=O)Oc1cc(Cl)nnc1-c1ccccc1. The van der Waals surface area contributed by atoms with Crippen molar-refractivity contribution in [2.24, 2.45) is 5.92 Å². The van der Waals surface area contributed by atoms with E-state index in [-0.39, 0.29) is 10.5 Å². The van der Waals surface area contributed by atoms with E-state index in [9.17, 15) is 4.79 Å². The van der Waals surface area contributed by atoms with Gasteiger partial charge in [0.25, 0.3) is 0 Å². The van der Waals surface area contributed by atoms with Crippen LogP contribution in [0.15, 0.2) is 36.4 Å². The molecule has 0 unspecified atom stereocenters. The number of hydrogen-bond donors (Lipinski definition) is 0. The van der Waals surface area contributed by atoms with Crippen LogP contribution in [0, 0.1) is 5.92 Å². The number of rotatable bonds is 4. The minimum absolute atomic E-state index is 0.186. The first-order chi connectivity index (χ1) is 10.1. The Morgan fingerprint density at radius 2 is 2.00 bits per heavy atom. The number of nitrogens with zero attached hydrogens (tertiary/aromatic N) is 2. The van der Waals surface area contributed by atoms with Crippen LogP contribution in [-0.2, 0) is 0 Å². The molecule has 0 amide bonds. The van der Waals surface area contributed by atoms with Gasteiger partial charge in [0.05, 0.1) is 0 Å². The molecule has 2 rings (SSSR count). The van der Waals surface area contributed by atoms with E-state index >= 15 is 0 Å². The van der Waals surface area contributed by atoms with Crippen LogP contribution < -0.4 is 4.74 Å². The van der Waals surface area contributed by atoms with Gasteiger partial charge in [0.2, 0.25) is 0 Å². The molecule has 0 bridgehead atoms. The first-order valence-corrected chi connectivity index (χ1v) is 7.86. The molecule has 0 aliphatic carbocycles. The normalized spacial score (nSPS) is 10.7. The molecule has 110 valence electrons. The molecule has 0 saturated carbocycles. The fourth-order valence-corrected chi connectivity index (χ4v) is 2.34. The third-order valence-corrected chi connectivity index (χ3v) is 3.84. The van der Waals surface area contributed by atoms with Crippen LogP contribution in [0.2, 0.25) is 5.15 Å². The largest absolute Gasteiger partial charge is 0.416 e. The summed E-state index contributed by atoms with van der Waals surface area (Å²) in [6.07, 6.45) is 0. The molecule has 0 atom stereocenters. The highest BCUT2D eigenvalue weighted by Crippen LogP contribution is 2.30. The van der Waals surface area contributed by atoms with Crippen LogP contribution in [-0.4, -0.2) is 21.3 Å². The molecule has 0 N–H and O–H groups in total. The number of ether oxygens (including phenoxy) is 1. The maximum atomic E-state index is 11.9. The van der Waals surface area contributed by atoms with Crippen LogP contribution in [0.25, 0.3) is 11.3 Å². The summed E-state index contributed by atoms with van der Waals surface area (Å²) in [6, 6.07) is 10.9. The number of carbonyl (C=O) groups is 1. The van der Waals surface area contributed by atoms with Crippen LogP contribution in [0.3, 0.4) is 0 Å². The summed E-state index contributed by atoms with van der Waals surface area (Å²) in [5, 5.41) is 7.66. The second-order valence-electron chi connectivity index (χ2n) is 4.80. The van der Waals surface area contributed by atoms with E-state index in [0.29, 0.717) is 23.1 Å². The molecule has 1 aromatic carbocycles. The van der Waals surface area contributed by atoms with Crippen molar-refractivity contribution < 1.29 is 9.53 Å². The quantitative estimate of drug-likeness (QED) is 0.765. The zero-order valence-corrected chi connectivity index (χ0v) is 13.3. The second-order valence-corrected chi connectivity index (χ2v) is 6.15. The molecule has 6 heteroatoms. The van der Waals surface area contributed by atoms with Crippen LogP contribution >= 0.6 is 23.4 Å². The number of halogens is 1. The predicted molar refractivity (Wildman–Crippen MR) is 85.8 cm³/mol. The fourth-order valence-electron chi connectivity index (χ4n) is 1.58. The molecule has 0 aliphatic heterocycles. The van der Waals surface area contributed by atoms with Gasteiger partial charge in [0.1, 0.15) is 5.69 Å². The van der Waals surface area contributed by atoms with E-state index in [1.165, 1.54) is 6.07 Å². The van der Waals surface area contributed by atoms with Gasteiger partial charge >= 0.3 is 5.30 Å². The molecule has 1 aromatic heterocycles. The summed E-state index contributed by atoms with van der Waals surface area (Å²) >= 11 is 6.98. The molecular weight excluding hydrogens is 308 g/mol. The highest BCUT2D eigenvalue weighted by molar-refractivity contribution is 8.13. The molecule has 0 fully saturated rings. The van der Waals surface area contributed by atoms with Gasteiger partial charge in [-0.15, -0.1) is 10.2 Å². The van der Waals surface area contributed by atoms with Crippen LogP contribution in [0.5, 0.6) is 5.75 Å². The Morgan fingerprint density at radius 3 is 2.67 bits per heavy atom. The number of aromatic nitrogens is 2. The van der Waals surface area contributed by atoms with Gasteiger partial charge in [-0.1, -0.05) is 55.8 Å². The summed E-state index contributed by atoms with van der Waals surface area (Å²) in [7, 11) is 0. The molecule has 0 spiro atoms. The van der Waals surface area contributed by atoms with Crippen molar-refractivity contribution in [1.82, 2.24) is 10.2 Å². The molecule has 0 radical (unpaired) electrons. The Labute approximate surface area is 132 Å². The Balaban J connectivity index is 2.22. The smallest absolute Gasteiger partial charge is 0.372 e. The first kappa shape index (κ1) is 15.8. The second kappa shape index (κ2) is 7.43. The zero-order chi connectivity index (χ0) is 15.2. The van der Waals surface area contributed by atoms with E-state index in [1.54, 1.807) is 0 Å². The lowest BCUT2D eigenvalue weighted by Crippen LogP contribution is -2.06. The van der Waals surface area contributed by atoms with E-state index in [1.807, 2.05) is 44.2 Å². The minimum atomic E-state index is -0.370. The van der Waals surface area contributed by atoms with E-state index < -0.39 is 0 Å². The van der Waals surface area contributed by atoms with Crippen LogP contribution in [0.1, 0.15) is 13.8 Å². The Hall–Kier alpha value is -1.59. The number of benzene rings is 1. The van der Waals surface area contributed by atoms with E-state index in [4.69, 9.17) is 16.3 Å². The molecule has 1 heterocycles. The topological polar surface area (TPSA) is 52.1 Å². The van der Waals surface area contributed by atoms with Gasteiger partial charge in [0.15, 0.2) is 10.9 Å². The standard InChI is InChI=1S/C15H15ClN2O2S/c1-10(2)9-21-15(19)20-12-8-13(16)17-18-14(12)11-6-4-3-5-7-11/h3-8,10H,9H2,1-2H3. The number of carbonyl (C=O) groups excluding carboxylic acids is 1. The highest BCUT2D eigenvalue weighted by Gasteiger charge is 2.15. The van der Waals surface area contributed by atoms with Gasteiger partial charge in [-0.05, 0) is 17.7 Å². The van der Waals surface area contributed by atoms with Crippen LogP contribution in [0.4, 0.5) is 4.79 Å². The maximum absolute atomic E-state index is 11.9. The average molecular weight is 323 g/mol. The Bertz CT molecular complexity index is 620. The summed E-state index contributed by atoms with van der Waals surface area (Å²) < 4.78 is 5.37. The van der Waals surface area contributed by atoms with Gasteiger partial charge < -0.3 is 4.74 Å². The van der Waals surface area contributed by atoms with E-state index in [0.717, 1.165) is 17.3 Å². The lowest BCUT2D eigenvalue weighted by molar-refractivity contribution is 0.227. The van der Waals surface area contributed by atoms with Crippen molar-refractivity contribution in [3.05, 3.63) is 41.6 Å². The predicted octanol–water partition coefficient (Wildman–Crippen LogP) is 4.69. The minimum Gasteiger partial charge on any atom is -0.416 e. The summed E-state index contributed by atoms with van der Waals surface area (Å²) in [5.41, 5.74) is 1.32. The van der Waals surface area contributed by atoms with Gasteiger partial charge in [-0.2, -0.15) is 0 Å². The third kappa shape index (κ3) is 4.72. The Kier molecular flexibility index (Phi) is 5.59. The molecule has 0 aliphatic rings. The molecule has 4 nitrogen and oxygen atoms in total. The fraction of sp³-hybridized carbons (Fsp3) is 0.267. The highest BCUT2D eigenvalue weighted by atomic mass is 35.5. The van der Waals surface area contributed by atoms with E-state index in [2.05, 4.69) is 10.2 Å². The molecule has 21 heavy (non-hydrogen) atoms. The van der Waals surface area contributed by atoms with Gasteiger partial charge in [-0.25, -0.2) is 4.79 Å². The first-order valence-electron chi connectivity index (χ1n) is 6.49. The van der Waals surface area contributed by atoms with Gasteiger partial charge in [0, 0.05) is 17.4 Å². The maximum Gasteiger partial charge on any atom is 0.372 e. The lowest BCUT2D eigenvalue weighted by atomic mass is 10.1. The van der Waals surface area contributed by atoms with Crippen molar-refractivity contribution in [2.45, 2.75) is 13.8 Å². The summed E-state index contributed by atoms with van der Waals surface area (Å²) in [6.45, 7) is 4.08.